The number of rotatable bonds is 2. The largest absolute Gasteiger partial charge is 0.326 e. The van der Waals surface area contributed by atoms with Gasteiger partial charge >= 0.3 is 0 Å². The van der Waals surface area contributed by atoms with E-state index in [1.165, 1.54) is 0 Å². The van der Waals surface area contributed by atoms with Gasteiger partial charge in [-0.25, -0.2) is 0 Å². The van der Waals surface area contributed by atoms with Crippen LogP contribution in [0.25, 0.3) is 0 Å². The minimum Gasteiger partial charge on any atom is -0.326 e. The van der Waals surface area contributed by atoms with Crippen LogP contribution in [0.2, 0.25) is 0 Å². The number of carbonyl (C=O) groups is 1. The van der Waals surface area contributed by atoms with Gasteiger partial charge in [-0.05, 0) is 17.7 Å². The molecule has 1 aliphatic heterocycles. The number of nitriles is 1. The van der Waals surface area contributed by atoms with Gasteiger partial charge in [-0.1, -0.05) is 12.1 Å². The van der Waals surface area contributed by atoms with Crippen molar-refractivity contribution in [1.29, 1.82) is 5.26 Å². The molecule has 2 rings (SSSR count). The highest BCUT2D eigenvalue weighted by atomic mass is 16.2. The van der Waals surface area contributed by atoms with E-state index in [1.54, 1.807) is 4.90 Å². The van der Waals surface area contributed by atoms with E-state index in [2.05, 4.69) is 6.07 Å². The van der Waals surface area contributed by atoms with Crippen LogP contribution in [0.3, 0.4) is 0 Å². The number of hydrogen-bond donors (Lipinski definition) is 1. The third-order valence-electron chi connectivity index (χ3n) is 2.69. The summed E-state index contributed by atoms with van der Waals surface area (Å²) in [5.74, 6) is 0.0699. The van der Waals surface area contributed by atoms with Crippen LogP contribution >= 0.6 is 0 Å². The SMILES string of the molecule is N#CCc1ccc(N2CC(N)CC2=O)cc1. The van der Waals surface area contributed by atoms with Crippen molar-refractivity contribution in [1.82, 2.24) is 0 Å². The predicted octanol–water partition coefficient (Wildman–Crippen LogP) is 0.817. The standard InChI is InChI=1S/C12H13N3O/c13-6-5-9-1-3-11(4-2-9)15-8-10(14)7-12(15)16/h1-4,10H,5,7-8,14H2. The Morgan fingerprint density at radius 3 is 2.62 bits per heavy atom. The van der Waals surface area contributed by atoms with E-state index in [-0.39, 0.29) is 11.9 Å². The Hall–Kier alpha value is -1.86. The minimum atomic E-state index is -0.0636. The molecule has 16 heavy (non-hydrogen) atoms. The molecule has 1 aromatic rings. The zero-order valence-corrected chi connectivity index (χ0v) is 8.89. The van der Waals surface area contributed by atoms with Crippen molar-refractivity contribution in [3.8, 4) is 6.07 Å². The third-order valence-corrected chi connectivity index (χ3v) is 2.69. The molecule has 1 atom stereocenters. The first-order chi connectivity index (χ1) is 7.70. The van der Waals surface area contributed by atoms with Gasteiger partial charge in [0.2, 0.25) is 5.91 Å². The van der Waals surface area contributed by atoms with Gasteiger partial charge in [-0.15, -0.1) is 0 Å². The summed E-state index contributed by atoms with van der Waals surface area (Å²) in [6.07, 6.45) is 0.813. The Balaban J connectivity index is 2.16. The zero-order valence-electron chi connectivity index (χ0n) is 8.89. The fourth-order valence-corrected chi connectivity index (χ4v) is 1.87. The monoisotopic (exact) mass is 215 g/mol. The molecular formula is C12H13N3O. The van der Waals surface area contributed by atoms with E-state index >= 15 is 0 Å². The van der Waals surface area contributed by atoms with Gasteiger partial charge in [0, 0.05) is 24.7 Å². The van der Waals surface area contributed by atoms with Crippen LogP contribution in [0.15, 0.2) is 24.3 Å². The molecule has 1 aromatic carbocycles. The Bertz CT molecular complexity index is 433. The summed E-state index contributed by atoms with van der Waals surface area (Å²) < 4.78 is 0. The lowest BCUT2D eigenvalue weighted by atomic mass is 10.1. The van der Waals surface area contributed by atoms with Crippen molar-refractivity contribution in [2.45, 2.75) is 18.9 Å². The second kappa shape index (κ2) is 4.33. The lowest BCUT2D eigenvalue weighted by Gasteiger charge is -2.16. The second-order valence-electron chi connectivity index (χ2n) is 3.97. The Morgan fingerprint density at radius 1 is 1.44 bits per heavy atom. The van der Waals surface area contributed by atoms with Crippen molar-refractivity contribution in [2.24, 2.45) is 5.73 Å². The van der Waals surface area contributed by atoms with E-state index < -0.39 is 0 Å². The molecule has 0 aliphatic carbocycles. The third kappa shape index (κ3) is 2.05. The molecule has 1 heterocycles. The predicted molar refractivity (Wildman–Crippen MR) is 60.7 cm³/mol. The van der Waals surface area contributed by atoms with Crippen LogP contribution in [0.4, 0.5) is 5.69 Å². The van der Waals surface area contributed by atoms with Crippen LogP contribution < -0.4 is 10.6 Å². The maximum atomic E-state index is 11.6. The Kier molecular flexibility index (Phi) is 2.88. The summed E-state index contributed by atoms with van der Waals surface area (Å²) >= 11 is 0. The van der Waals surface area contributed by atoms with Crippen LogP contribution in [0, 0.1) is 11.3 Å². The van der Waals surface area contributed by atoms with Gasteiger partial charge in [0.25, 0.3) is 0 Å². The average molecular weight is 215 g/mol. The van der Waals surface area contributed by atoms with E-state index in [0.29, 0.717) is 19.4 Å². The van der Waals surface area contributed by atoms with Gasteiger partial charge < -0.3 is 10.6 Å². The minimum absolute atomic E-state index is 0.0636. The highest BCUT2D eigenvalue weighted by Crippen LogP contribution is 2.21. The first kappa shape index (κ1) is 10.7. The van der Waals surface area contributed by atoms with Crippen molar-refractivity contribution in [3.63, 3.8) is 0 Å². The van der Waals surface area contributed by atoms with Gasteiger partial charge in [0.05, 0.1) is 12.5 Å². The first-order valence-electron chi connectivity index (χ1n) is 5.22. The molecule has 0 saturated carbocycles. The van der Waals surface area contributed by atoms with Gasteiger partial charge in [-0.3, -0.25) is 4.79 Å². The number of benzene rings is 1. The number of anilines is 1. The van der Waals surface area contributed by atoms with Gasteiger partial charge in [-0.2, -0.15) is 5.26 Å². The number of nitrogens with zero attached hydrogens (tertiary/aromatic N) is 2. The fraction of sp³-hybridized carbons (Fsp3) is 0.333. The normalized spacial score (nSPS) is 19.9. The first-order valence-corrected chi connectivity index (χ1v) is 5.22. The number of hydrogen-bond acceptors (Lipinski definition) is 3. The second-order valence-corrected chi connectivity index (χ2v) is 3.97. The highest BCUT2D eigenvalue weighted by molar-refractivity contribution is 5.96. The molecular weight excluding hydrogens is 202 g/mol. The van der Waals surface area contributed by atoms with Crippen LogP contribution in [-0.4, -0.2) is 18.5 Å². The van der Waals surface area contributed by atoms with Gasteiger partial charge in [0.1, 0.15) is 0 Å². The van der Waals surface area contributed by atoms with Crippen LogP contribution in [0.5, 0.6) is 0 Å². The molecule has 82 valence electrons. The Labute approximate surface area is 94.3 Å². The van der Waals surface area contributed by atoms with E-state index in [9.17, 15) is 4.79 Å². The lowest BCUT2D eigenvalue weighted by molar-refractivity contribution is -0.117. The zero-order chi connectivity index (χ0) is 11.5. The molecule has 0 spiro atoms. The highest BCUT2D eigenvalue weighted by Gasteiger charge is 2.27. The van der Waals surface area contributed by atoms with E-state index in [4.69, 9.17) is 11.0 Å². The van der Waals surface area contributed by atoms with Crippen molar-refractivity contribution in [3.05, 3.63) is 29.8 Å². The summed E-state index contributed by atoms with van der Waals surface area (Å²) in [5.41, 5.74) is 7.55. The summed E-state index contributed by atoms with van der Waals surface area (Å²) in [7, 11) is 0. The number of nitrogens with two attached hydrogens (primary N) is 1. The van der Waals surface area contributed by atoms with Crippen molar-refractivity contribution < 1.29 is 4.79 Å². The molecule has 1 amide bonds. The molecule has 1 unspecified atom stereocenters. The lowest BCUT2D eigenvalue weighted by Crippen LogP contribution is -2.27. The fourth-order valence-electron chi connectivity index (χ4n) is 1.87. The molecule has 0 bridgehead atoms. The summed E-state index contributed by atoms with van der Waals surface area (Å²) in [6, 6.07) is 9.49. The molecule has 0 radical (unpaired) electrons. The smallest absolute Gasteiger partial charge is 0.228 e. The Morgan fingerprint density at radius 2 is 2.12 bits per heavy atom. The molecule has 1 saturated heterocycles. The summed E-state index contributed by atoms with van der Waals surface area (Å²) in [6.45, 7) is 0.580. The maximum Gasteiger partial charge on any atom is 0.228 e. The van der Waals surface area contributed by atoms with E-state index in [0.717, 1.165) is 11.3 Å². The summed E-state index contributed by atoms with van der Waals surface area (Å²) in [5, 5.41) is 8.55. The molecule has 1 fully saturated rings. The number of amides is 1. The molecule has 4 nitrogen and oxygen atoms in total. The quantitative estimate of drug-likeness (QED) is 0.793. The van der Waals surface area contributed by atoms with Crippen LogP contribution in [-0.2, 0) is 11.2 Å². The van der Waals surface area contributed by atoms with Crippen molar-refractivity contribution in [2.75, 3.05) is 11.4 Å². The van der Waals surface area contributed by atoms with Crippen LogP contribution in [0.1, 0.15) is 12.0 Å². The maximum absolute atomic E-state index is 11.6. The molecule has 2 N–H and O–H groups in total. The van der Waals surface area contributed by atoms with Crippen molar-refractivity contribution >= 4 is 11.6 Å². The molecule has 4 heteroatoms. The molecule has 0 aromatic heterocycles. The summed E-state index contributed by atoms with van der Waals surface area (Å²) in [4.78, 5) is 13.3. The topological polar surface area (TPSA) is 70.1 Å². The average Bonchev–Trinajstić information content (AvgIpc) is 2.59. The van der Waals surface area contributed by atoms with Gasteiger partial charge in [0.15, 0.2) is 0 Å². The number of carbonyl (C=O) groups excluding carboxylic acids is 1. The molecule has 1 aliphatic rings. The van der Waals surface area contributed by atoms with E-state index in [1.807, 2.05) is 24.3 Å².